The van der Waals surface area contributed by atoms with E-state index in [0.29, 0.717) is 67.2 Å². The Kier molecular flexibility index (Phi) is 17.7. The Hall–Kier alpha value is -6.35. The molecule has 7 N–H and O–H groups in total. The molecule has 3 aliphatic heterocycles. The summed E-state index contributed by atoms with van der Waals surface area (Å²) in [4.78, 5) is 88.4. The van der Waals surface area contributed by atoms with Gasteiger partial charge in [-0.05, 0) is 106 Å². The molecule has 0 spiro atoms. The van der Waals surface area contributed by atoms with E-state index in [4.69, 9.17) is 9.72 Å². The molecule has 4 aliphatic rings. The summed E-state index contributed by atoms with van der Waals surface area (Å²) in [5.41, 5.74) is 5.60. The summed E-state index contributed by atoms with van der Waals surface area (Å²) in [6.07, 6.45) is 12.5. The number of aromatic amines is 1. The van der Waals surface area contributed by atoms with Gasteiger partial charge in [-0.1, -0.05) is 65.0 Å². The van der Waals surface area contributed by atoms with Crippen LogP contribution in [0.25, 0.3) is 22.2 Å². The monoisotopic (exact) mass is 1060 g/mol. The van der Waals surface area contributed by atoms with Crippen LogP contribution in [0.15, 0.2) is 49.1 Å². The van der Waals surface area contributed by atoms with Gasteiger partial charge >= 0.3 is 0 Å². The first-order valence-corrected chi connectivity index (χ1v) is 28.1. The highest BCUT2D eigenvalue weighted by Crippen LogP contribution is 2.39. The topological polar surface area (TPSA) is 262 Å². The Labute approximate surface area is 450 Å². The second-order valence-electron chi connectivity index (χ2n) is 22.9. The van der Waals surface area contributed by atoms with E-state index in [1.54, 1.807) is 29.1 Å². The van der Waals surface area contributed by atoms with Crippen LogP contribution in [0.4, 0.5) is 11.5 Å². The Morgan fingerprint density at radius 1 is 0.883 bits per heavy atom. The fourth-order valence-corrected chi connectivity index (χ4v) is 11.4. The van der Waals surface area contributed by atoms with Crippen LogP contribution in [-0.4, -0.2) is 142 Å². The largest absolute Gasteiger partial charge is 0.387 e. The number of carbonyl (C=O) groups is 5. The first kappa shape index (κ1) is 55.4. The van der Waals surface area contributed by atoms with Gasteiger partial charge in [-0.3, -0.25) is 43.7 Å². The third-order valence-corrected chi connectivity index (χ3v) is 16.0. The Morgan fingerprint density at radius 3 is 2.39 bits per heavy atom. The molecule has 0 bridgehead atoms. The van der Waals surface area contributed by atoms with Crippen molar-refractivity contribution in [3.8, 4) is 0 Å². The molecule has 20 heteroatoms. The van der Waals surface area contributed by atoms with Gasteiger partial charge in [0.15, 0.2) is 23.2 Å². The summed E-state index contributed by atoms with van der Waals surface area (Å²) in [5.74, 6) is 0.178. The first-order chi connectivity index (χ1) is 37.0. The number of aliphatic hydroxyl groups excluding tert-OH is 2. The highest BCUT2D eigenvalue weighted by atomic mass is 16.6. The van der Waals surface area contributed by atoms with Crippen LogP contribution >= 0.6 is 0 Å². The second kappa shape index (κ2) is 24.5. The van der Waals surface area contributed by atoms with Crippen molar-refractivity contribution in [3.05, 3.63) is 71.6 Å². The molecule has 5 aromatic rings. The normalized spacial score (nSPS) is 22.6. The first-order valence-electron chi connectivity index (χ1n) is 28.1. The van der Waals surface area contributed by atoms with Gasteiger partial charge in [0.1, 0.15) is 36.5 Å². The number of carbonyl (C=O) groups excluding carboxylic acids is 5. The molecule has 3 aromatic heterocycles. The average Bonchev–Trinajstić information content (AvgIpc) is 4.19. The average molecular weight is 1060 g/mol. The predicted molar refractivity (Wildman–Crippen MR) is 292 cm³/mol. The molecule has 77 heavy (non-hydrogen) atoms. The van der Waals surface area contributed by atoms with Crippen molar-refractivity contribution in [1.29, 1.82) is 0 Å². The Morgan fingerprint density at radius 2 is 1.62 bits per heavy atom. The van der Waals surface area contributed by atoms with E-state index in [1.807, 2.05) is 0 Å². The summed E-state index contributed by atoms with van der Waals surface area (Å²) in [6.45, 7) is 13.3. The molecule has 414 valence electrons. The lowest BCUT2D eigenvalue weighted by Gasteiger charge is -2.46. The van der Waals surface area contributed by atoms with Gasteiger partial charge in [0.05, 0.1) is 28.5 Å². The molecule has 2 aromatic carbocycles. The number of aliphatic hydroxyl groups is 2. The molecule has 9 rings (SSSR count). The molecule has 3 fully saturated rings. The number of hydrogen-bond donors (Lipinski definition) is 7. The fraction of sp³-hybridized carbons (Fsp3) is 0.596. The number of nitrogens with zero attached hydrogens (tertiary/aromatic N) is 7. The van der Waals surface area contributed by atoms with Gasteiger partial charge < -0.3 is 35.9 Å². The van der Waals surface area contributed by atoms with Gasteiger partial charge in [0.2, 0.25) is 17.7 Å². The van der Waals surface area contributed by atoms with Gasteiger partial charge in [0, 0.05) is 63.2 Å². The number of piperidine rings is 1. The van der Waals surface area contributed by atoms with Gasteiger partial charge in [-0.25, -0.2) is 19.9 Å². The summed E-state index contributed by atoms with van der Waals surface area (Å²) in [6, 6.07) is 11.2. The van der Waals surface area contributed by atoms with E-state index < -0.39 is 54.2 Å². The maximum Gasteiger partial charge on any atom is 0.264 e. The maximum absolute atomic E-state index is 13.3. The van der Waals surface area contributed by atoms with E-state index in [-0.39, 0.29) is 41.3 Å². The van der Waals surface area contributed by atoms with E-state index >= 15 is 0 Å². The number of fused-ring (bicyclic) bond motifs is 3. The number of imidazole rings is 2. The van der Waals surface area contributed by atoms with Crippen LogP contribution in [0, 0.1) is 5.92 Å². The van der Waals surface area contributed by atoms with Gasteiger partial charge in [-0.2, -0.15) is 0 Å². The van der Waals surface area contributed by atoms with Crippen molar-refractivity contribution in [2.75, 3.05) is 36.8 Å². The van der Waals surface area contributed by atoms with E-state index in [2.05, 4.69) is 98.9 Å². The number of unbranched alkanes of at least 4 members (excludes halogenated alkanes) is 7. The SMILES string of the molecule is CC(C)N(C[C@H]1O[C@@H](n2cnc3c(NCCCCNC(=O)CCCCCCCCCNc4cccc5c4C(=O)N(C4CCC(=O)NC4=O)C5=O)ncnc32)C(O)C1O)C1CC(CCc2nc3cc(C(C)(C)C)ccc3[nH]2)C1. The van der Waals surface area contributed by atoms with E-state index in [0.717, 1.165) is 105 Å². The summed E-state index contributed by atoms with van der Waals surface area (Å²) in [7, 11) is 0. The smallest absolute Gasteiger partial charge is 0.264 e. The number of anilines is 2. The number of ether oxygens (including phenoxy) is 1. The number of hydrogen-bond acceptors (Lipinski definition) is 15. The third kappa shape index (κ3) is 12.8. The number of H-pyrrole nitrogens is 1. The molecule has 5 amide bonds. The van der Waals surface area contributed by atoms with E-state index in [9.17, 15) is 34.2 Å². The van der Waals surface area contributed by atoms with Crippen LogP contribution in [0.3, 0.4) is 0 Å². The quantitative estimate of drug-likeness (QED) is 0.0225. The van der Waals surface area contributed by atoms with Crippen LogP contribution in [0.2, 0.25) is 0 Å². The molecule has 20 nitrogen and oxygen atoms in total. The summed E-state index contributed by atoms with van der Waals surface area (Å²) < 4.78 is 8.12. The molecule has 6 heterocycles. The lowest BCUT2D eigenvalue weighted by atomic mass is 9.76. The molecule has 5 atom stereocenters. The number of amides is 5. The molecule has 2 saturated heterocycles. The Bertz CT molecular complexity index is 2910. The van der Waals surface area contributed by atoms with Crippen molar-refractivity contribution in [3.63, 3.8) is 0 Å². The second-order valence-corrected chi connectivity index (χ2v) is 22.9. The number of rotatable bonds is 26. The van der Waals surface area contributed by atoms with Crippen molar-refractivity contribution in [1.82, 2.24) is 49.9 Å². The fourth-order valence-electron chi connectivity index (χ4n) is 11.4. The lowest BCUT2D eigenvalue weighted by molar-refractivity contribution is -0.136. The van der Waals surface area contributed by atoms with Crippen LogP contribution < -0.4 is 21.3 Å². The summed E-state index contributed by atoms with van der Waals surface area (Å²) >= 11 is 0. The highest BCUT2D eigenvalue weighted by Gasteiger charge is 2.48. The summed E-state index contributed by atoms with van der Waals surface area (Å²) in [5, 5.41) is 34.6. The molecule has 3 unspecified atom stereocenters. The number of imide groups is 2. The van der Waals surface area contributed by atoms with Crippen molar-refractivity contribution in [2.45, 2.75) is 185 Å². The standard InChI is InChI=1S/C57H78N12O8/c1-34(2)67(37-28-35(29-37)19-23-44-64-39-21-20-36(57(3,4)5)30-41(39)65-44)31-43-49(72)50(73)56(77-43)68-33-63-48-51(61-32-62-52(48)68)60-27-14-13-26-59-45(70)18-11-9-7-6-8-10-12-25-58-40-17-15-16-38-47(40)55(76)69(54(38)75)42-22-24-46(71)66-53(42)74/h15-17,20-21,30,32-35,37,42-43,49-50,56,58,72-73H,6-14,18-19,22-29,31H2,1-5H3,(H,59,70)(H,64,65)(H,60,61,62)(H,66,71,74)/t35?,37?,42?,43-,49?,50?,56-/m1/s1. The minimum Gasteiger partial charge on any atom is -0.387 e. The van der Waals surface area contributed by atoms with Crippen molar-refractivity contribution >= 4 is 63.2 Å². The van der Waals surface area contributed by atoms with Crippen molar-refractivity contribution < 1.29 is 38.9 Å². The van der Waals surface area contributed by atoms with Crippen LogP contribution in [-0.2, 0) is 31.0 Å². The van der Waals surface area contributed by atoms with Gasteiger partial charge in [0.25, 0.3) is 11.8 Å². The predicted octanol–water partition coefficient (Wildman–Crippen LogP) is 6.68. The number of benzene rings is 2. The Balaban J connectivity index is 0.624. The zero-order chi connectivity index (χ0) is 54.4. The maximum atomic E-state index is 13.3. The zero-order valence-electron chi connectivity index (χ0n) is 45.4. The number of aromatic nitrogens is 6. The lowest BCUT2D eigenvalue weighted by Crippen LogP contribution is -2.54. The molecule has 1 saturated carbocycles. The van der Waals surface area contributed by atoms with Crippen molar-refractivity contribution in [2.24, 2.45) is 5.92 Å². The highest BCUT2D eigenvalue weighted by molar-refractivity contribution is 6.25. The molecule has 0 radical (unpaired) electrons. The minimum absolute atomic E-state index is 0.0537. The van der Waals surface area contributed by atoms with Crippen LogP contribution in [0.1, 0.15) is 169 Å². The molecular formula is C57H78N12O8. The zero-order valence-corrected chi connectivity index (χ0v) is 45.4. The molecule has 1 aliphatic carbocycles. The van der Waals surface area contributed by atoms with Gasteiger partial charge in [-0.15, -0.1) is 0 Å². The number of nitrogens with one attached hydrogen (secondary N) is 5. The number of aryl methyl sites for hydroxylation is 1. The third-order valence-electron chi connectivity index (χ3n) is 16.0. The molecular weight excluding hydrogens is 981 g/mol. The van der Waals surface area contributed by atoms with Crippen LogP contribution in [0.5, 0.6) is 0 Å². The minimum atomic E-state index is -1.17. The van der Waals surface area contributed by atoms with E-state index in [1.165, 1.54) is 11.9 Å².